The first kappa shape index (κ1) is 34.2. The smallest absolute Gasteiger partial charge is 0.319 e. The van der Waals surface area contributed by atoms with Crippen LogP contribution in [0.25, 0.3) is 32.1 Å². The van der Waals surface area contributed by atoms with Crippen LogP contribution in [-0.4, -0.2) is 89.4 Å². The number of hydrogen-bond donors (Lipinski definition) is 1. The van der Waals surface area contributed by atoms with Gasteiger partial charge in [-0.2, -0.15) is 20.5 Å². The van der Waals surface area contributed by atoms with Crippen LogP contribution in [0.4, 0.5) is 24.0 Å². The lowest BCUT2D eigenvalue weighted by Crippen LogP contribution is -2.48. The molecule has 4 aromatic rings. The number of thiophene rings is 1. The van der Waals surface area contributed by atoms with Crippen LogP contribution < -0.4 is 20.1 Å². The number of amides is 1. The van der Waals surface area contributed by atoms with Crippen molar-refractivity contribution in [3.05, 3.63) is 34.4 Å². The zero-order valence-electron chi connectivity index (χ0n) is 28.5. The second-order valence-corrected chi connectivity index (χ2v) is 16.1. The third kappa shape index (κ3) is 5.42. The summed E-state index contributed by atoms with van der Waals surface area (Å²) >= 11 is 7.97. The van der Waals surface area contributed by atoms with Gasteiger partial charge in [0.05, 0.1) is 50.7 Å². The third-order valence-electron chi connectivity index (χ3n) is 11.7. The van der Waals surface area contributed by atoms with E-state index in [9.17, 15) is 19.7 Å². The lowest BCUT2D eigenvalue weighted by atomic mass is 9.95. The van der Waals surface area contributed by atoms with Gasteiger partial charge in [-0.05, 0) is 50.3 Å². The highest BCUT2D eigenvalue weighted by atomic mass is 35.5. The van der Waals surface area contributed by atoms with Gasteiger partial charge in [-0.1, -0.05) is 17.7 Å². The molecule has 1 aliphatic carbocycles. The molecule has 5 aliphatic rings. The molecular weight excluding hydrogens is 729 g/mol. The Balaban J connectivity index is 1.16. The topological polar surface area (TPSA) is 145 Å². The fourth-order valence-corrected chi connectivity index (χ4v) is 10.3. The number of nitrogen functional groups attached to an aromatic ring is 1. The number of anilines is 2. The average Bonchev–Trinajstić information content (AvgIpc) is 3.67. The van der Waals surface area contributed by atoms with Crippen LogP contribution >= 0.6 is 22.9 Å². The molecule has 0 bridgehead atoms. The first-order chi connectivity index (χ1) is 25.6. The molecule has 2 aromatic heterocycles. The molecule has 2 aromatic carbocycles. The molecule has 16 heteroatoms. The van der Waals surface area contributed by atoms with Crippen LogP contribution in [0.5, 0.6) is 11.8 Å². The largest absolute Gasteiger partial charge is 0.489 e. The Morgan fingerprint density at radius 3 is 2.74 bits per heavy atom. The number of carbonyl (C=O) groups excluding carboxylic acids is 1. The van der Waals surface area contributed by atoms with Crippen molar-refractivity contribution in [2.24, 2.45) is 11.8 Å². The maximum absolute atomic E-state index is 17.3. The molecule has 274 valence electrons. The van der Waals surface area contributed by atoms with Crippen LogP contribution in [0.3, 0.4) is 0 Å². The van der Waals surface area contributed by atoms with E-state index in [4.69, 9.17) is 31.8 Å². The van der Waals surface area contributed by atoms with Gasteiger partial charge in [-0.25, -0.2) is 13.2 Å². The number of rotatable bonds is 6. The quantitative estimate of drug-likeness (QED) is 0.241. The Kier molecular flexibility index (Phi) is 8.25. The van der Waals surface area contributed by atoms with Gasteiger partial charge in [0, 0.05) is 43.0 Å². The molecule has 1 saturated carbocycles. The average molecular weight is 763 g/mol. The second-order valence-electron chi connectivity index (χ2n) is 14.7. The highest BCUT2D eigenvalue weighted by molar-refractivity contribution is 7.23. The van der Waals surface area contributed by atoms with Crippen molar-refractivity contribution in [3.8, 4) is 35.0 Å². The number of hydrogen-bond acceptors (Lipinski definition) is 11. The number of nitrogens with zero attached hydrogens (tertiary/aromatic N) is 7. The zero-order chi connectivity index (χ0) is 36.8. The summed E-state index contributed by atoms with van der Waals surface area (Å²) in [6.45, 7) is 2.70. The molecule has 2 unspecified atom stereocenters. The maximum Gasteiger partial charge on any atom is 0.319 e. The summed E-state index contributed by atoms with van der Waals surface area (Å²) in [5.74, 6) is -1.40. The fourth-order valence-electron chi connectivity index (χ4n) is 8.99. The van der Waals surface area contributed by atoms with Crippen LogP contribution in [0, 0.1) is 46.1 Å². The van der Waals surface area contributed by atoms with E-state index in [0.29, 0.717) is 57.7 Å². The van der Waals surface area contributed by atoms with E-state index in [1.54, 1.807) is 0 Å². The highest BCUT2D eigenvalue weighted by Crippen LogP contribution is 2.51. The molecule has 0 spiro atoms. The van der Waals surface area contributed by atoms with E-state index in [1.165, 1.54) is 12.1 Å². The van der Waals surface area contributed by atoms with Crippen LogP contribution in [0.15, 0.2) is 12.1 Å². The van der Waals surface area contributed by atoms with Gasteiger partial charge in [0.25, 0.3) is 0 Å². The van der Waals surface area contributed by atoms with Crippen molar-refractivity contribution in [3.63, 3.8) is 0 Å². The summed E-state index contributed by atoms with van der Waals surface area (Å²) in [4.78, 5) is 28.5. The van der Waals surface area contributed by atoms with Crippen molar-refractivity contribution in [2.75, 3.05) is 56.6 Å². The number of benzene rings is 2. The molecule has 53 heavy (non-hydrogen) atoms. The van der Waals surface area contributed by atoms with Gasteiger partial charge in [0.1, 0.15) is 47.6 Å². The van der Waals surface area contributed by atoms with Gasteiger partial charge >= 0.3 is 6.01 Å². The molecular formula is C37H34ClF3N8O3S. The number of alkyl halides is 1. The first-order valence-corrected chi connectivity index (χ1v) is 19.0. The lowest BCUT2D eigenvalue weighted by Gasteiger charge is -2.39. The van der Waals surface area contributed by atoms with Gasteiger partial charge in [-0.15, -0.1) is 11.3 Å². The lowest BCUT2D eigenvalue weighted by molar-refractivity contribution is -0.133. The third-order valence-corrected chi connectivity index (χ3v) is 13.1. The number of nitriles is 2. The molecule has 9 rings (SSSR count). The molecule has 4 aliphatic heterocycles. The van der Waals surface area contributed by atoms with E-state index in [0.717, 1.165) is 30.7 Å². The summed E-state index contributed by atoms with van der Waals surface area (Å²) in [7, 11) is 0. The maximum atomic E-state index is 17.3. The highest BCUT2D eigenvalue weighted by Gasteiger charge is 2.50. The molecule has 4 atom stereocenters. The Hall–Kier alpha value is -4.57. The monoisotopic (exact) mass is 762 g/mol. The number of halogens is 4. The number of likely N-dealkylation sites (tertiary alicyclic amines) is 1. The number of aromatic nitrogens is 2. The van der Waals surface area contributed by atoms with Gasteiger partial charge in [0.2, 0.25) is 5.91 Å². The first-order valence-electron chi connectivity index (χ1n) is 17.9. The number of piperidine rings is 1. The Morgan fingerprint density at radius 1 is 1.17 bits per heavy atom. The van der Waals surface area contributed by atoms with Crippen molar-refractivity contribution >= 4 is 60.7 Å². The van der Waals surface area contributed by atoms with Crippen molar-refractivity contribution in [1.29, 1.82) is 10.5 Å². The Labute approximate surface area is 311 Å². The molecule has 6 heterocycles. The SMILES string of the molecule is N#Cc1c(N)sc2c(F)ccc(-c3c(Cl)c4c5c(nc(OC[C@@]67CCCN6C[C@H](F)C7)nc5c3F)N(C3CCN(C(=O)C5CC5C#N)CC3)CCO4)c12. The van der Waals surface area contributed by atoms with Crippen LogP contribution in [0.1, 0.15) is 44.1 Å². The second kappa shape index (κ2) is 12.8. The molecule has 0 radical (unpaired) electrons. The predicted molar refractivity (Wildman–Crippen MR) is 193 cm³/mol. The minimum absolute atomic E-state index is 0.00522. The molecule has 4 fully saturated rings. The van der Waals surface area contributed by atoms with Crippen LogP contribution in [-0.2, 0) is 4.79 Å². The van der Waals surface area contributed by atoms with E-state index in [-0.39, 0.29) is 96.5 Å². The number of fused-ring (bicyclic) bond motifs is 2. The Morgan fingerprint density at radius 2 is 1.98 bits per heavy atom. The van der Waals surface area contributed by atoms with Gasteiger partial charge in [0.15, 0.2) is 11.6 Å². The number of nitrogens with two attached hydrogens (primary N) is 1. The Bertz CT molecular complexity index is 2290. The summed E-state index contributed by atoms with van der Waals surface area (Å²) < 4.78 is 59.7. The summed E-state index contributed by atoms with van der Waals surface area (Å²) in [5, 5.41) is 19.6. The van der Waals surface area contributed by atoms with Gasteiger partial charge < -0.3 is 25.0 Å². The number of ether oxygens (including phenoxy) is 2. The fraction of sp³-hybridized carbons (Fsp3) is 0.486. The van der Waals surface area contributed by atoms with Crippen molar-refractivity contribution in [1.82, 2.24) is 19.8 Å². The summed E-state index contributed by atoms with van der Waals surface area (Å²) in [5.41, 5.74) is 5.51. The van der Waals surface area contributed by atoms with Crippen molar-refractivity contribution in [2.45, 2.75) is 56.3 Å². The zero-order valence-corrected chi connectivity index (χ0v) is 30.1. The summed E-state index contributed by atoms with van der Waals surface area (Å²) in [6, 6.07) is 6.57. The van der Waals surface area contributed by atoms with Crippen LogP contribution in [0.2, 0.25) is 5.02 Å². The summed E-state index contributed by atoms with van der Waals surface area (Å²) in [6.07, 6.45) is 2.81. The minimum atomic E-state index is -0.973. The molecule has 2 N–H and O–H groups in total. The normalized spacial score (nSPS) is 25.6. The standard InChI is InChI=1S/C37H34ClF3N8O3S/c38-28-26(21-2-3-24(40)32-25(21)23(15-43)33(44)53-32)29(41)30-27-31(28)51-11-10-49(20-4-8-47(9-5-20)35(50)22-12-18(22)14-42)34(27)46-36(45-30)52-17-37-6-1-7-48(37)16-19(39)13-37/h2-3,18-20,22H,1,4-13,16-17,44H2/t18?,19-,22?,37+/m1/s1. The predicted octanol–water partition coefficient (Wildman–Crippen LogP) is 6.20. The van der Waals surface area contributed by atoms with Gasteiger partial charge in [-0.3, -0.25) is 9.69 Å². The number of carbonyl (C=O) groups is 1. The van der Waals surface area contributed by atoms with Crippen molar-refractivity contribution < 1.29 is 27.4 Å². The minimum Gasteiger partial charge on any atom is -0.489 e. The molecule has 11 nitrogen and oxygen atoms in total. The van der Waals surface area contributed by atoms with E-state index >= 15 is 8.78 Å². The molecule has 1 amide bonds. The van der Waals surface area contributed by atoms with E-state index in [2.05, 4.69) is 16.0 Å². The molecule has 3 saturated heterocycles. The van der Waals surface area contributed by atoms with E-state index < -0.39 is 23.3 Å². The van der Waals surface area contributed by atoms with E-state index in [1.807, 2.05) is 15.9 Å².